The monoisotopic (exact) mass is 528 g/mol. The second-order valence-corrected chi connectivity index (χ2v) is 9.00. The summed E-state index contributed by atoms with van der Waals surface area (Å²) in [7, 11) is 0. The Kier molecular flexibility index (Phi) is 6.97. The average Bonchev–Trinajstić information content (AvgIpc) is 3.18. The van der Waals surface area contributed by atoms with Crippen LogP contribution in [0.3, 0.4) is 0 Å². The number of fused-ring (bicyclic) bond motifs is 1. The second kappa shape index (κ2) is 10.1. The number of nitro groups is 1. The van der Waals surface area contributed by atoms with Crippen LogP contribution >= 0.6 is 34.5 Å². The van der Waals surface area contributed by atoms with Crippen LogP contribution in [-0.2, 0) is 0 Å². The van der Waals surface area contributed by atoms with Crippen molar-refractivity contribution in [2.24, 2.45) is 0 Å². The number of carbonyl (C=O) groups is 3. The van der Waals surface area contributed by atoms with Gasteiger partial charge in [0.15, 0.2) is 0 Å². The van der Waals surface area contributed by atoms with Crippen molar-refractivity contribution in [1.82, 2.24) is 10.9 Å². The van der Waals surface area contributed by atoms with Gasteiger partial charge in [0, 0.05) is 44.1 Å². The topological polar surface area (TPSA) is 130 Å². The number of nitrogens with zero attached hydrogens (tertiary/aromatic N) is 1. The number of hydrogen-bond donors (Lipinski definition) is 3. The van der Waals surface area contributed by atoms with Crippen molar-refractivity contribution >= 4 is 73.7 Å². The molecule has 0 aliphatic rings. The van der Waals surface area contributed by atoms with Crippen molar-refractivity contribution < 1.29 is 19.3 Å². The Hall–Kier alpha value is -3.99. The number of nitrogens with one attached hydrogen (secondary N) is 3. The van der Waals surface area contributed by atoms with Crippen LogP contribution in [0, 0.1) is 10.1 Å². The van der Waals surface area contributed by atoms with Gasteiger partial charge in [-0.15, -0.1) is 11.3 Å². The summed E-state index contributed by atoms with van der Waals surface area (Å²) in [5, 5.41) is 14.8. The van der Waals surface area contributed by atoms with Gasteiger partial charge in [-0.1, -0.05) is 29.3 Å². The van der Waals surface area contributed by atoms with Gasteiger partial charge < -0.3 is 5.32 Å². The summed E-state index contributed by atoms with van der Waals surface area (Å²) in [5.74, 6) is -1.62. The molecule has 0 aliphatic heterocycles. The predicted molar refractivity (Wildman–Crippen MR) is 134 cm³/mol. The van der Waals surface area contributed by atoms with E-state index in [1.165, 1.54) is 48.5 Å². The quantitative estimate of drug-likeness (QED) is 0.234. The molecule has 0 aliphatic carbocycles. The van der Waals surface area contributed by atoms with Gasteiger partial charge in [0.25, 0.3) is 23.4 Å². The first kappa shape index (κ1) is 24.1. The van der Waals surface area contributed by atoms with Crippen LogP contribution in [-0.4, -0.2) is 22.6 Å². The summed E-state index contributed by atoms with van der Waals surface area (Å²) in [6.07, 6.45) is 0. The lowest BCUT2D eigenvalue weighted by molar-refractivity contribution is -0.384. The lowest BCUT2D eigenvalue weighted by Gasteiger charge is -2.08. The number of carbonyl (C=O) groups excluding carboxylic acids is 3. The van der Waals surface area contributed by atoms with E-state index in [9.17, 15) is 24.5 Å². The van der Waals surface area contributed by atoms with Crippen LogP contribution in [0.15, 0.2) is 66.7 Å². The van der Waals surface area contributed by atoms with Crippen LogP contribution in [0.4, 0.5) is 11.4 Å². The minimum Gasteiger partial charge on any atom is -0.322 e. The van der Waals surface area contributed by atoms with Crippen molar-refractivity contribution in [2.75, 3.05) is 5.32 Å². The van der Waals surface area contributed by atoms with E-state index >= 15 is 0 Å². The SMILES string of the molecule is O=C(NNC(=O)c1sc2cc(Cl)ccc2c1Cl)c1ccc(NC(=O)c2ccc([N+](=O)[O-])cc2)cc1. The van der Waals surface area contributed by atoms with Gasteiger partial charge in [0.05, 0.1) is 9.95 Å². The first-order valence-electron chi connectivity index (χ1n) is 9.87. The maximum absolute atomic E-state index is 12.5. The maximum atomic E-state index is 12.5. The predicted octanol–water partition coefficient (Wildman–Crippen LogP) is 5.44. The molecule has 0 saturated heterocycles. The highest BCUT2D eigenvalue weighted by molar-refractivity contribution is 7.21. The first-order chi connectivity index (χ1) is 16.7. The molecule has 1 aromatic heterocycles. The van der Waals surface area contributed by atoms with E-state index in [0.717, 1.165) is 16.0 Å². The summed E-state index contributed by atoms with van der Waals surface area (Å²) < 4.78 is 0.741. The summed E-state index contributed by atoms with van der Waals surface area (Å²) in [4.78, 5) is 47.6. The Morgan fingerprint density at radius 2 is 1.40 bits per heavy atom. The van der Waals surface area contributed by atoms with Crippen molar-refractivity contribution in [3.05, 3.63) is 103 Å². The Morgan fingerprint density at radius 3 is 2.06 bits per heavy atom. The number of thiophene rings is 1. The smallest absolute Gasteiger partial charge is 0.281 e. The number of nitro benzene ring substituents is 1. The van der Waals surface area contributed by atoms with E-state index in [1.54, 1.807) is 18.2 Å². The normalized spacial score (nSPS) is 10.6. The molecule has 1 heterocycles. The standard InChI is InChI=1S/C23H14Cl2N4O5S/c24-14-5-10-17-18(11-14)35-20(19(17)25)23(32)28-27-22(31)13-1-6-15(7-2-13)26-21(30)12-3-8-16(9-4-12)29(33)34/h1-11H,(H,26,30)(H,27,31)(H,28,32). The molecule has 4 rings (SSSR count). The van der Waals surface area contributed by atoms with Crippen LogP contribution in [0.25, 0.3) is 10.1 Å². The summed E-state index contributed by atoms with van der Waals surface area (Å²) in [6, 6.07) is 16.2. The second-order valence-electron chi connectivity index (χ2n) is 7.13. The lowest BCUT2D eigenvalue weighted by Crippen LogP contribution is -2.41. The number of benzene rings is 3. The molecule has 0 atom stereocenters. The minimum atomic E-state index is -0.577. The number of halogens is 2. The Bertz CT molecular complexity index is 1470. The van der Waals surface area contributed by atoms with Gasteiger partial charge in [-0.3, -0.25) is 35.3 Å². The van der Waals surface area contributed by atoms with Crippen molar-refractivity contribution in [1.29, 1.82) is 0 Å². The third-order valence-corrected chi connectivity index (χ3v) is 6.72. The number of non-ortho nitro benzene ring substituents is 1. The van der Waals surface area contributed by atoms with E-state index in [-0.39, 0.29) is 26.7 Å². The molecule has 12 heteroatoms. The van der Waals surface area contributed by atoms with Gasteiger partial charge in [0.2, 0.25) is 0 Å². The van der Waals surface area contributed by atoms with Gasteiger partial charge in [-0.25, -0.2) is 0 Å². The zero-order chi connectivity index (χ0) is 25.1. The zero-order valence-electron chi connectivity index (χ0n) is 17.5. The van der Waals surface area contributed by atoms with Gasteiger partial charge in [-0.05, 0) is 48.5 Å². The molecule has 176 valence electrons. The molecule has 3 amide bonds. The van der Waals surface area contributed by atoms with E-state index < -0.39 is 22.6 Å². The van der Waals surface area contributed by atoms with Crippen molar-refractivity contribution in [3.63, 3.8) is 0 Å². The van der Waals surface area contributed by atoms with Crippen LogP contribution < -0.4 is 16.2 Å². The van der Waals surface area contributed by atoms with E-state index in [0.29, 0.717) is 16.1 Å². The van der Waals surface area contributed by atoms with Gasteiger partial charge in [-0.2, -0.15) is 0 Å². The molecule has 3 aromatic carbocycles. The third kappa shape index (κ3) is 5.40. The molecule has 0 unspecified atom stereocenters. The molecular weight excluding hydrogens is 515 g/mol. The highest BCUT2D eigenvalue weighted by Crippen LogP contribution is 2.36. The van der Waals surface area contributed by atoms with Gasteiger partial charge in [0.1, 0.15) is 4.88 Å². The third-order valence-electron chi connectivity index (χ3n) is 4.83. The fourth-order valence-corrected chi connectivity index (χ4v) is 4.76. The number of rotatable bonds is 5. The van der Waals surface area contributed by atoms with Gasteiger partial charge >= 0.3 is 0 Å². The molecule has 9 nitrogen and oxygen atoms in total. The molecule has 4 aromatic rings. The molecular formula is C23H14Cl2N4O5S. The molecule has 0 bridgehead atoms. The maximum Gasteiger partial charge on any atom is 0.281 e. The Balaban J connectivity index is 1.36. The number of hydrazine groups is 1. The highest BCUT2D eigenvalue weighted by atomic mass is 35.5. The first-order valence-corrected chi connectivity index (χ1v) is 11.4. The zero-order valence-corrected chi connectivity index (χ0v) is 19.8. The van der Waals surface area contributed by atoms with E-state index in [1.807, 2.05) is 0 Å². The molecule has 0 spiro atoms. The number of anilines is 1. The molecule has 0 fully saturated rings. The van der Waals surface area contributed by atoms with Crippen LogP contribution in [0.2, 0.25) is 10.0 Å². The van der Waals surface area contributed by atoms with E-state index in [4.69, 9.17) is 23.2 Å². The summed E-state index contributed by atoms with van der Waals surface area (Å²) in [6.45, 7) is 0. The molecule has 0 radical (unpaired) electrons. The van der Waals surface area contributed by atoms with Crippen LogP contribution in [0.5, 0.6) is 0 Å². The fraction of sp³-hybridized carbons (Fsp3) is 0. The Morgan fingerprint density at radius 1 is 0.800 bits per heavy atom. The van der Waals surface area contributed by atoms with E-state index in [2.05, 4.69) is 16.2 Å². The highest BCUT2D eigenvalue weighted by Gasteiger charge is 2.18. The lowest BCUT2D eigenvalue weighted by atomic mass is 10.1. The number of hydrogen-bond acceptors (Lipinski definition) is 6. The molecule has 3 N–H and O–H groups in total. The summed E-state index contributed by atoms with van der Waals surface area (Å²) in [5.41, 5.74) is 5.41. The number of amides is 3. The minimum absolute atomic E-state index is 0.122. The average molecular weight is 529 g/mol. The van der Waals surface area contributed by atoms with Crippen molar-refractivity contribution in [2.45, 2.75) is 0 Å². The Labute approximate surface area is 211 Å². The summed E-state index contributed by atoms with van der Waals surface area (Å²) >= 11 is 13.4. The van der Waals surface area contributed by atoms with Crippen LogP contribution in [0.1, 0.15) is 30.4 Å². The fourth-order valence-electron chi connectivity index (χ4n) is 3.07. The largest absolute Gasteiger partial charge is 0.322 e. The van der Waals surface area contributed by atoms with Crippen molar-refractivity contribution in [3.8, 4) is 0 Å². The molecule has 0 saturated carbocycles. The molecule has 35 heavy (non-hydrogen) atoms.